The predicted octanol–water partition coefficient (Wildman–Crippen LogP) is 3.68. The zero-order chi connectivity index (χ0) is 22.8. The maximum atomic E-state index is 12.6. The van der Waals surface area contributed by atoms with Gasteiger partial charge in [0.25, 0.3) is 11.8 Å². The Hall–Kier alpha value is -3.13. The third-order valence-electron chi connectivity index (χ3n) is 3.93. The van der Waals surface area contributed by atoms with Crippen molar-refractivity contribution in [3.63, 3.8) is 0 Å². The van der Waals surface area contributed by atoms with Crippen LogP contribution in [0.1, 0.15) is 36.7 Å². The third-order valence-corrected chi connectivity index (χ3v) is 4.24. The average Bonchev–Trinajstić information content (AvgIpc) is 2.75. The Kier molecular flexibility index (Phi) is 9.27. The summed E-state index contributed by atoms with van der Waals surface area (Å²) in [5, 5.41) is 0.392. The van der Waals surface area contributed by atoms with E-state index >= 15 is 0 Å². The molecule has 0 fully saturated rings. The average molecular weight is 451 g/mol. The number of carbonyl (C=O) groups is 2. The fourth-order valence-electron chi connectivity index (χ4n) is 2.62. The van der Waals surface area contributed by atoms with E-state index in [1.807, 2.05) is 33.8 Å². The Morgan fingerprint density at radius 3 is 2.03 bits per heavy atom. The van der Waals surface area contributed by atoms with Crippen molar-refractivity contribution in [2.24, 2.45) is 0 Å². The van der Waals surface area contributed by atoms with Crippen molar-refractivity contribution < 1.29 is 28.5 Å². The van der Waals surface area contributed by atoms with Crippen molar-refractivity contribution in [1.82, 2.24) is 10.9 Å². The van der Waals surface area contributed by atoms with Crippen LogP contribution in [0.25, 0.3) is 0 Å². The highest BCUT2D eigenvalue weighted by atomic mass is 35.5. The van der Waals surface area contributed by atoms with E-state index in [0.29, 0.717) is 47.8 Å². The number of rotatable bonds is 10. The van der Waals surface area contributed by atoms with E-state index in [4.69, 9.17) is 30.5 Å². The van der Waals surface area contributed by atoms with Gasteiger partial charge in [-0.05, 0) is 57.5 Å². The van der Waals surface area contributed by atoms with Crippen molar-refractivity contribution in [1.29, 1.82) is 0 Å². The molecular formula is C22H27ClN2O6. The van der Waals surface area contributed by atoms with Crippen LogP contribution in [0.5, 0.6) is 23.0 Å². The number of benzene rings is 2. The summed E-state index contributed by atoms with van der Waals surface area (Å²) in [5.74, 6) is 0.472. The molecule has 0 aromatic heterocycles. The predicted molar refractivity (Wildman–Crippen MR) is 117 cm³/mol. The number of carbonyl (C=O) groups excluding carboxylic acids is 2. The third kappa shape index (κ3) is 6.96. The molecule has 168 valence electrons. The highest BCUT2D eigenvalue weighted by Crippen LogP contribution is 2.39. The Morgan fingerprint density at radius 1 is 0.839 bits per heavy atom. The fraction of sp³-hybridized carbons (Fsp3) is 0.364. The zero-order valence-corrected chi connectivity index (χ0v) is 18.8. The molecule has 2 rings (SSSR count). The summed E-state index contributed by atoms with van der Waals surface area (Å²) in [5.41, 5.74) is 5.83. The molecule has 9 heteroatoms. The molecule has 0 aliphatic heterocycles. The molecule has 2 aromatic carbocycles. The fourth-order valence-corrected chi connectivity index (χ4v) is 2.79. The molecule has 31 heavy (non-hydrogen) atoms. The second-order valence-electron chi connectivity index (χ2n) is 6.33. The van der Waals surface area contributed by atoms with E-state index in [0.717, 1.165) is 5.56 Å². The van der Waals surface area contributed by atoms with E-state index in [1.165, 1.54) is 12.1 Å². The summed E-state index contributed by atoms with van der Waals surface area (Å²) in [7, 11) is 0. The van der Waals surface area contributed by atoms with Crippen LogP contribution >= 0.6 is 11.6 Å². The van der Waals surface area contributed by atoms with Crippen LogP contribution in [0.2, 0.25) is 5.02 Å². The van der Waals surface area contributed by atoms with Gasteiger partial charge in [-0.15, -0.1) is 0 Å². The van der Waals surface area contributed by atoms with E-state index in [2.05, 4.69) is 10.9 Å². The molecule has 0 heterocycles. The van der Waals surface area contributed by atoms with Crippen molar-refractivity contribution in [2.75, 3.05) is 26.4 Å². The molecular weight excluding hydrogens is 424 g/mol. The zero-order valence-electron chi connectivity index (χ0n) is 18.0. The Balaban J connectivity index is 2.04. The first-order chi connectivity index (χ1) is 14.9. The van der Waals surface area contributed by atoms with E-state index in [1.54, 1.807) is 12.1 Å². The second-order valence-corrected chi connectivity index (χ2v) is 6.73. The molecule has 0 radical (unpaired) electrons. The molecule has 0 atom stereocenters. The highest BCUT2D eigenvalue weighted by Gasteiger charge is 2.19. The topological polar surface area (TPSA) is 95.1 Å². The van der Waals surface area contributed by atoms with E-state index < -0.39 is 11.8 Å². The largest absolute Gasteiger partial charge is 0.490 e. The lowest BCUT2D eigenvalue weighted by Gasteiger charge is -2.17. The lowest BCUT2D eigenvalue weighted by atomic mass is 10.1. The first kappa shape index (κ1) is 24.1. The lowest BCUT2D eigenvalue weighted by molar-refractivity contribution is -0.123. The van der Waals surface area contributed by atoms with Gasteiger partial charge in [0.1, 0.15) is 5.75 Å². The van der Waals surface area contributed by atoms with Gasteiger partial charge in [0.2, 0.25) is 5.75 Å². The van der Waals surface area contributed by atoms with Gasteiger partial charge in [-0.1, -0.05) is 17.7 Å². The molecule has 0 saturated carbocycles. The van der Waals surface area contributed by atoms with Gasteiger partial charge in [-0.3, -0.25) is 20.4 Å². The van der Waals surface area contributed by atoms with Crippen LogP contribution in [0, 0.1) is 6.92 Å². The highest BCUT2D eigenvalue weighted by molar-refractivity contribution is 6.32. The second kappa shape index (κ2) is 11.9. The summed E-state index contributed by atoms with van der Waals surface area (Å²) in [6.45, 7) is 8.22. The summed E-state index contributed by atoms with van der Waals surface area (Å²) in [6, 6.07) is 8.30. The summed E-state index contributed by atoms with van der Waals surface area (Å²) >= 11 is 6.04. The Bertz CT molecular complexity index is 892. The molecule has 8 nitrogen and oxygen atoms in total. The van der Waals surface area contributed by atoms with Gasteiger partial charge in [0.15, 0.2) is 18.1 Å². The number of hydrazine groups is 1. The number of hydrogen-bond donors (Lipinski definition) is 2. The molecule has 2 aromatic rings. The SMILES string of the molecule is CCOc1cc(C(=O)NNC(=O)COc2cc(C)ccc2Cl)cc(OCC)c1OCC. The molecule has 0 spiro atoms. The minimum Gasteiger partial charge on any atom is -0.490 e. The van der Waals surface area contributed by atoms with Crippen molar-refractivity contribution in [2.45, 2.75) is 27.7 Å². The number of halogens is 1. The Labute approximate surface area is 186 Å². The summed E-state index contributed by atoms with van der Waals surface area (Å²) < 4.78 is 22.2. The maximum Gasteiger partial charge on any atom is 0.276 e. The van der Waals surface area contributed by atoms with Gasteiger partial charge in [0.05, 0.1) is 24.8 Å². The first-order valence-corrected chi connectivity index (χ1v) is 10.3. The van der Waals surface area contributed by atoms with Crippen molar-refractivity contribution >= 4 is 23.4 Å². The van der Waals surface area contributed by atoms with Crippen LogP contribution in [0.3, 0.4) is 0 Å². The van der Waals surface area contributed by atoms with Gasteiger partial charge in [-0.2, -0.15) is 0 Å². The number of ether oxygens (including phenoxy) is 4. The van der Waals surface area contributed by atoms with Crippen LogP contribution in [-0.4, -0.2) is 38.2 Å². The first-order valence-electron chi connectivity index (χ1n) is 9.94. The maximum absolute atomic E-state index is 12.6. The molecule has 0 bridgehead atoms. The quantitative estimate of drug-likeness (QED) is 0.536. The Morgan fingerprint density at radius 2 is 1.45 bits per heavy atom. The molecule has 0 unspecified atom stereocenters. The number of amides is 2. The van der Waals surface area contributed by atoms with Crippen molar-refractivity contribution in [3.8, 4) is 23.0 Å². The van der Waals surface area contributed by atoms with Crippen LogP contribution in [0.15, 0.2) is 30.3 Å². The van der Waals surface area contributed by atoms with Gasteiger partial charge >= 0.3 is 0 Å². The van der Waals surface area contributed by atoms with Gasteiger partial charge < -0.3 is 18.9 Å². The summed E-state index contributed by atoms with van der Waals surface area (Å²) in [6.07, 6.45) is 0. The molecule has 2 N–H and O–H groups in total. The number of aryl methyl sites for hydroxylation is 1. The van der Waals surface area contributed by atoms with E-state index in [-0.39, 0.29) is 12.2 Å². The molecule has 0 aliphatic carbocycles. The minimum atomic E-state index is -0.549. The minimum absolute atomic E-state index is 0.235. The van der Waals surface area contributed by atoms with E-state index in [9.17, 15) is 9.59 Å². The number of hydrogen-bond acceptors (Lipinski definition) is 6. The van der Waals surface area contributed by atoms with Crippen LogP contribution in [-0.2, 0) is 4.79 Å². The molecule has 0 saturated heterocycles. The van der Waals surface area contributed by atoms with Crippen LogP contribution in [0.4, 0.5) is 0 Å². The van der Waals surface area contributed by atoms with Crippen molar-refractivity contribution in [3.05, 3.63) is 46.5 Å². The normalized spacial score (nSPS) is 10.2. The smallest absolute Gasteiger partial charge is 0.276 e. The monoisotopic (exact) mass is 450 g/mol. The number of nitrogens with one attached hydrogen (secondary N) is 2. The molecule has 0 aliphatic rings. The molecule has 2 amide bonds. The van der Waals surface area contributed by atoms with Gasteiger partial charge in [0, 0.05) is 5.56 Å². The standard InChI is InChI=1S/C22H27ClN2O6/c1-5-28-18-11-15(12-19(29-6-2)21(18)30-7-3)22(27)25-24-20(26)13-31-17-10-14(4)8-9-16(17)23/h8-12H,5-7,13H2,1-4H3,(H,24,26)(H,25,27). The van der Waals surface area contributed by atoms with Gasteiger partial charge in [-0.25, -0.2) is 0 Å². The lowest BCUT2D eigenvalue weighted by Crippen LogP contribution is -2.43. The summed E-state index contributed by atoms with van der Waals surface area (Å²) in [4.78, 5) is 24.6. The van der Waals surface area contributed by atoms with Crippen LogP contribution < -0.4 is 29.8 Å².